The molecule has 0 saturated carbocycles. The highest BCUT2D eigenvalue weighted by Crippen LogP contribution is 2.16. The van der Waals surface area contributed by atoms with E-state index < -0.39 is 0 Å². The average molecular weight is 291 g/mol. The monoisotopic (exact) mass is 291 g/mol. The summed E-state index contributed by atoms with van der Waals surface area (Å²) in [5.41, 5.74) is 5.35. The Balaban J connectivity index is 2.04. The van der Waals surface area contributed by atoms with E-state index in [4.69, 9.17) is 0 Å². The highest BCUT2D eigenvalue weighted by Gasteiger charge is 2.18. The van der Waals surface area contributed by atoms with E-state index in [9.17, 15) is 4.79 Å². The molecule has 21 heavy (non-hydrogen) atoms. The van der Waals surface area contributed by atoms with E-state index in [0.717, 1.165) is 50.5 Å². The number of hydrogen-bond acceptors (Lipinski definition) is 5. The number of piperazine rings is 1. The first-order valence-corrected chi connectivity index (χ1v) is 7.55. The van der Waals surface area contributed by atoms with Crippen molar-refractivity contribution in [2.45, 2.75) is 20.3 Å². The first-order valence-electron chi connectivity index (χ1n) is 7.55. The third-order valence-electron chi connectivity index (χ3n) is 3.61. The predicted molar refractivity (Wildman–Crippen MR) is 84.3 cm³/mol. The van der Waals surface area contributed by atoms with Crippen LogP contribution in [0, 0.1) is 6.92 Å². The van der Waals surface area contributed by atoms with E-state index in [0.29, 0.717) is 5.56 Å². The quantitative estimate of drug-likeness (QED) is 0.851. The third-order valence-corrected chi connectivity index (χ3v) is 3.61. The SMILES string of the molecule is CCCNc1cc(C)ncc1C(=O)NN1CCN(C)CC1. The summed E-state index contributed by atoms with van der Waals surface area (Å²) >= 11 is 0. The summed E-state index contributed by atoms with van der Waals surface area (Å²) in [6.45, 7) is 8.50. The van der Waals surface area contributed by atoms with Crippen molar-refractivity contribution in [3.63, 3.8) is 0 Å². The van der Waals surface area contributed by atoms with Crippen molar-refractivity contribution in [1.82, 2.24) is 20.3 Å². The number of pyridine rings is 1. The van der Waals surface area contributed by atoms with Gasteiger partial charge in [-0.1, -0.05) is 6.92 Å². The Bertz CT molecular complexity index is 483. The molecule has 0 bridgehead atoms. The number of rotatable bonds is 5. The largest absolute Gasteiger partial charge is 0.384 e. The number of hydrogen-bond donors (Lipinski definition) is 2. The molecular weight excluding hydrogens is 266 g/mol. The van der Waals surface area contributed by atoms with Gasteiger partial charge in [0.25, 0.3) is 5.91 Å². The van der Waals surface area contributed by atoms with Gasteiger partial charge in [0, 0.05) is 44.6 Å². The van der Waals surface area contributed by atoms with E-state index in [-0.39, 0.29) is 5.91 Å². The van der Waals surface area contributed by atoms with Crippen molar-refractivity contribution in [3.8, 4) is 0 Å². The van der Waals surface area contributed by atoms with E-state index in [1.165, 1.54) is 0 Å². The van der Waals surface area contributed by atoms with Crippen LogP contribution >= 0.6 is 0 Å². The minimum atomic E-state index is -0.0920. The highest BCUT2D eigenvalue weighted by molar-refractivity contribution is 5.99. The molecule has 2 heterocycles. The summed E-state index contributed by atoms with van der Waals surface area (Å²) in [5, 5.41) is 5.28. The first-order chi connectivity index (χ1) is 10.1. The zero-order valence-electron chi connectivity index (χ0n) is 13.1. The molecule has 1 aromatic heterocycles. The Morgan fingerprint density at radius 3 is 2.71 bits per heavy atom. The standard InChI is InChI=1S/C15H25N5O/c1-4-5-16-14-10-12(2)17-11-13(14)15(21)18-20-8-6-19(3)7-9-20/h10-11H,4-9H2,1-3H3,(H,16,17)(H,18,21). The van der Waals surface area contributed by atoms with Crippen molar-refractivity contribution >= 4 is 11.6 Å². The molecule has 0 atom stereocenters. The smallest absolute Gasteiger partial charge is 0.269 e. The Kier molecular flexibility index (Phi) is 5.52. The topological polar surface area (TPSA) is 60.5 Å². The molecule has 1 aliphatic heterocycles. The van der Waals surface area contributed by atoms with Crippen LogP contribution in [0.25, 0.3) is 0 Å². The molecule has 1 fully saturated rings. The molecular formula is C15H25N5O. The molecule has 2 rings (SSSR count). The number of hydrazine groups is 1. The minimum absolute atomic E-state index is 0.0920. The summed E-state index contributed by atoms with van der Waals surface area (Å²) < 4.78 is 0. The van der Waals surface area contributed by atoms with Gasteiger partial charge in [0.1, 0.15) is 0 Å². The summed E-state index contributed by atoms with van der Waals surface area (Å²) in [6.07, 6.45) is 2.67. The number of carbonyl (C=O) groups is 1. The van der Waals surface area contributed by atoms with Gasteiger partial charge in [-0.05, 0) is 26.5 Å². The summed E-state index contributed by atoms with van der Waals surface area (Å²) in [7, 11) is 2.09. The van der Waals surface area contributed by atoms with Crippen LogP contribution in [0.1, 0.15) is 29.4 Å². The van der Waals surface area contributed by atoms with Crippen LogP contribution in [0.4, 0.5) is 5.69 Å². The van der Waals surface area contributed by atoms with Crippen molar-refractivity contribution in [3.05, 3.63) is 23.5 Å². The van der Waals surface area contributed by atoms with E-state index >= 15 is 0 Å². The van der Waals surface area contributed by atoms with Crippen molar-refractivity contribution in [2.24, 2.45) is 0 Å². The highest BCUT2D eigenvalue weighted by atomic mass is 16.2. The lowest BCUT2D eigenvalue weighted by molar-refractivity contribution is 0.0663. The van der Waals surface area contributed by atoms with Crippen LogP contribution in [0.15, 0.2) is 12.3 Å². The number of aromatic nitrogens is 1. The Labute approximate surface area is 126 Å². The lowest BCUT2D eigenvalue weighted by Crippen LogP contribution is -2.52. The van der Waals surface area contributed by atoms with Gasteiger partial charge in [-0.15, -0.1) is 0 Å². The molecule has 0 aromatic carbocycles. The van der Waals surface area contributed by atoms with E-state index in [2.05, 4.69) is 34.6 Å². The van der Waals surface area contributed by atoms with E-state index in [1.54, 1.807) is 6.20 Å². The van der Waals surface area contributed by atoms with Gasteiger partial charge in [0.15, 0.2) is 0 Å². The zero-order chi connectivity index (χ0) is 15.2. The molecule has 0 unspecified atom stereocenters. The molecule has 1 aliphatic rings. The third kappa shape index (κ3) is 4.41. The fraction of sp³-hybridized carbons (Fsp3) is 0.600. The summed E-state index contributed by atoms with van der Waals surface area (Å²) in [5.74, 6) is -0.0920. The maximum Gasteiger partial charge on any atom is 0.269 e. The molecule has 2 N–H and O–H groups in total. The Morgan fingerprint density at radius 1 is 1.33 bits per heavy atom. The summed E-state index contributed by atoms with van der Waals surface area (Å²) in [6, 6.07) is 1.93. The molecule has 0 radical (unpaired) electrons. The lowest BCUT2D eigenvalue weighted by Gasteiger charge is -2.32. The molecule has 1 aromatic rings. The first kappa shape index (κ1) is 15.7. The molecule has 116 valence electrons. The van der Waals surface area contributed by atoms with Gasteiger partial charge < -0.3 is 10.2 Å². The number of carbonyl (C=O) groups excluding carboxylic acids is 1. The second-order valence-electron chi connectivity index (χ2n) is 5.53. The van der Waals surface area contributed by atoms with Crippen molar-refractivity contribution < 1.29 is 4.79 Å². The number of anilines is 1. The maximum atomic E-state index is 12.4. The molecule has 1 saturated heterocycles. The van der Waals surface area contributed by atoms with Gasteiger partial charge in [0.05, 0.1) is 11.3 Å². The number of aryl methyl sites for hydroxylation is 1. The zero-order valence-corrected chi connectivity index (χ0v) is 13.1. The lowest BCUT2D eigenvalue weighted by atomic mass is 10.2. The number of nitrogens with zero attached hydrogens (tertiary/aromatic N) is 3. The predicted octanol–water partition coefficient (Wildman–Crippen LogP) is 1.10. The second-order valence-corrected chi connectivity index (χ2v) is 5.53. The van der Waals surface area contributed by atoms with Gasteiger partial charge in [0.2, 0.25) is 0 Å². The van der Waals surface area contributed by atoms with Crippen molar-refractivity contribution in [1.29, 1.82) is 0 Å². The van der Waals surface area contributed by atoms with Gasteiger partial charge in [-0.25, -0.2) is 5.01 Å². The van der Waals surface area contributed by atoms with Gasteiger partial charge >= 0.3 is 0 Å². The van der Waals surface area contributed by atoms with Crippen LogP contribution in [0.3, 0.4) is 0 Å². The van der Waals surface area contributed by atoms with Gasteiger partial charge in [-0.3, -0.25) is 15.2 Å². The van der Waals surface area contributed by atoms with E-state index in [1.807, 2.05) is 18.0 Å². The maximum absolute atomic E-state index is 12.4. The Hall–Kier alpha value is -1.66. The molecule has 0 spiro atoms. The van der Waals surface area contributed by atoms with Crippen LogP contribution in [-0.2, 0) is 0 Å². The fourth-order valence-corrected chi connectivity index (χ4v) is 2.27. The number of nitrogens with one attached hydrogen (secondary N) is 2. The average Bonchev–Trinajstić information content (AvgIpc) is 2.47. The second kappa shape index (κ2) is 7.38. The van der Waals surface area contributed by atoms with Crippen LogP contribution in [0.2, 0.25) is 0 Å². The van der Waals surface area contributed by atoms with Gasteiger partial charge in [-0.2, -0.15) is 0 Å². The normalized spacial score (nSPS) is 16.7. The van der Waals surface area contributed by atoms with Crippen molar-refractivity contribution in [2.75, 3.05) is 45.1 Å². The number of amides is 1. The van der Waals surface area contributed by atoms with Crippen LogP contribution in [-0.4, -0.2) is 60.6 Å². The summed E-state index contributed by atoms with van der Waals surface area (Å²) in [4.78, 5) is 18.9. The molecule has 1 amide bonds. The molecule has 0 aliphatic carbocycles. The minimum Gasteiger partial charge on any atom is -0.384 e. The molecule has 6 heteroatoms. The Morgan fingerprint density at radius 2 is 2.05 bits per heavy atom. The fourth-order valence-electron chi connectivity index (χ4n) is 2.27. The molecule has 6 nitrogen and oxygen atoms in total. The number of likely N-dealkylation sites (N-methyl/N-ethyl adjacent to an activating group) is 1. The van der Waals surface area contributed by atoms with Crippen LogP contribution in [0.5, 0.6) is 0 Å². The van der Waals surface area contributed by atoms with Crippen LogP contribution < -0.4 is 10.7 Å².